The van der Waals surface area contributed by atoms with Gasteiger partial charge in [0.25, 0.3) is 0 Å². The fraction of sp³-hybridized carbons (Fsp3) is 0.200. The van der Waals surface area contributed by atoms with E-state index in [2.05, 4.69) is 27.9 Å². The highest BCUT2D eigenvalue weighted by Crippen LogP contribution is 2.33. The summed E-state index contributed by atoms with van der Waals surface area (Å²) in [5.74, 6) is 0.688. The van der Waals surface area contributed by atoms with Gasteiger partial charge in [0.15, 0.2) is 0 Å². The average molecular weight is 465 g/mol. The first kappa shape index (κ1) is 22.8. The Bertz CT molecular complexity index is 1230. The molecule has 2 heterocycles. The minimum atomic E-state index is -0.360. The zero-order valence-corrected chi connectivity index (χ0v) is 19.1. The van der Waals surface area contributed by atoms with E-state index in [1.165, 1.54) is 18.5 Å². The fourth-order valence-corrected chi connectivity index (χ4v) is 3.72. The number of halogens is 1. The number of nitrogen functional groups attached to an aromatic ring is 1. The highest BCUT2D eigenvalue weighted by molar-refractivity contribution is 7.80. The molecular formula is C25H25FN4O2S. The second-order valence-corrected chi connectivity index (χ2v) is 8.18. The Morgan fingerprint density at radius 2 is 1.94 bits per heavy atom. The first-order chi connectivity index (χ1) is 16.0. The van der Waals surface area contributed by atoms with Gasteiger partial charge >= 0.3 is 0 Å². The molecule has 1 unspecified atom stereocenters. The van der Waals surface area contributed by atoms with Crippen LogP contribution in [0.2, 0.25) is 0 Å². The summed E-state index contributed by atoms with van der Waals surface area (Å²) in [5.41, 5.74) is 8.88. The van der Waals surface area contributed by atoms with Gasteiger partial charge in [-0.2, -0.15) is 0 Å². The summed E-state index contributed by atoms with van der Waals surface area (Å²) in [4.78, 5) is 9.65. The molecule has 4 aromatic rings. The van der Waals surface area contributed by atoms with Crippen LogP contribution in [0.1, 0.15) is 12.0 Å². The molecule has 1 aromatic heterocycles. The van der Waals surface area contributed by atoms with Gasteiger partial charge in [-0.25, -0.2) is 14.4 Å². The van der Waals surface area contributed by atoms with Crippen molar-refractivity contribution < 1.29 is 13.9 Å². The highest BCUT2D eigenvalue weighted by atomic mass is 32.1. The van der Waals surface area contributed by atoms with E-state index in [1.54, 1.807) is 12.1 Å². The third-order valence-electron chi connectivity index (χ3n) is 5.09. The lowest BCUT2D eigenvalue weighted by molar-refractivity contribution is 0.141. The zero-order valence-electron chi connectivity index (χ0n) is 18.2. The molecule has 1 saturated heterocycles. The van der Waals surface area contributed by atoms with Crippen molar-refractivity contribution in [1.82, 2.24) is 9.97 Å². The van der Waals surface area contributed by atoms with Gasteiger partial charge in [-0.15, -0.1) is 12.6 Å². The molecule has 3 N–H and O–H groups in total. The van der Waals surface area contributed by atoms with Crippen LogP contribution in [0.5, 0.6) is 5.75 Å². The number of aromatic nitrogens is 2. The maximum atomic E-state index is 13.7. The van der Waals surface area contributed by atoms with E-state index >= 15 is 0 Å². The van der Waals surface area contributed by atoms with Crippen molar-refractivity contribution in [3.63, 3.8) is 0 Å². The molecule has 170 valence electrons. The highest BCUT2D eigenvalue weighted by Gasteiger charge is 2.20. The molecule has 0 spiro atoms. The summed E-state index contributed by atoms with van der Waals surface area (Å²) >= 11 is 4.08. The number of aryl methyl sites for hydroxylation is 1. The molecule has 0 radical (unpaired) electrons. The van der Waals surface area contributed by atoms with Crippen LogP contribution in [-0.2, 0) is 4.74 Å². The Hall–Kier alpha value is -3.36. The number of nitrogens with zero attached hydrogens (tertiary/aromatic N) is 2. The van der Waals surface area contributed by atoms with E-state index in [0.29, 0.717) is 36.2 Å². The van der Waals surface area contributed by atoms with Gasteiger partial charge in [0.1, 0.15) is 29.8 Å². The number of anilines is 3. The molecule has 3 aromatic carbocycles. The Morgan fingerprint density at radius 3 is 2.64 bits per heavy atom. The Labute approximate surface area is 197 Å². The third kappa shape index (κ3) is 5.91. The van der Waals surface area contributed by atoms with E-state index in [1.807, 2.05) is 43.3 Å². The van der Waals surface area contributed by atoms with Gasteiger partial charge in [0.05, 0.1) is 24.4 Å². The number of rotatable bonds is 4. The summed E-state index contributed by atoms with van der Waals surface area (Å²) in [6, 6.07) is 17.9. The smallest absolute Gasteiger partial charge is 0.146 e. The molecule has 0 bridgehead atoms. The third-order valence-corrected chi connectivity index (χ3v) is 5.39. The fourth-order valence-electron chi connectivity index (χ4n) is 3.55. The average Bonchev–Trinajstić information content (AvgIpc) is 3.29. The van der Waals surface area contributed by atoms with Gasteiger partial charge in [0.2, 0.25) is 0 Å². The number of fused-ring (bicyclic) bond motifs is 1. The van der Waals surface area contributed by atoms with Crippen molar-refractivity contribution in [2.45, 2.75) is 24.3 Å². The molecule has 8 heteroatoms. The van der Waals surface area contributed by atoms with Crippen LogP contribution in [0.15, 0.2) is 71.9 Å². The van der Waals surface area contributed by atoms with E-state index in [4.69, 9.17) is 15.2 Å². The summed E-state index contributed by atoms with van der Waals surface area (Å²) in [6.45, 7) is 3.11. The second-order valence-electron chi connectivity index (χ2n) is 7.66. The molecule has 0 amide bonds. The predicted molar refractivity (Wildman–Crippen MR) is 132 cm³/mol. The molecule has 6 nitrogen and oxygen atoms in total. The largest absolute Gasteiger partial charge is 0.486 e. The molecule has 33 heavy (non-hydrogen) atoms. The number of nitrogens with one attached hydrogen (secondary N) is 1. The number of nitrogens with two attached hydrogens (primary N) is 1. The van der Waals surface area contributed by atoms with E-state index in [-0.39, 0.29) is 11.9 Å². The number of hydrogen-bond donors (Lipinski definition) is 3. The number of benzene rings is 3. The lowest BCUT2D eigenvalue weighted by Gasteiger charge is -2.17. The van der Waals surface area contributed by atoms with E-state index in [0.717, 1.165) is 27.8 Å². The van der Waals surface area contributed by atoms with Crippen molar-refractivity contribution in [3.8, 4) is 5.75 Å². The van der Waals surface area contributed by atoms with Crippen molar-refractivity contribution in [2.75, 3.05) is 24.3 Å². The van der Waals surface area contributed by atoms with Crippen LogP contribution < -0.4 is 15.8 Å². The monoisotopic (exact) mass is 464 g/mol. The lowest BCUT2D eigenvalue weighted by atomic mass is 10.1. The zero-order chi connectivity index (χ0) is 23.2. The minimum Gasteiger partial charge on any atom is -0.486 e. The van der Waals surface area contributed by atoms with Gasteiger partial charge in [0, 0.05) is 28.5 Å². The summed E-state index contributed by atoms with van der Waals surface area (Å²) in [5, 5.41) is 4.11. The molecule has 0 aliphatic carbocycles. The topological polar surface area (TPSA) is 82.3 Å². The standard InChI is InChI=1S/C19H19FN4O2.C6H6S/c1-11-6-13(21)8-16-18(11)19(23-10-22-16)24-15-3-2-12(20)7-17(15)26-14-4-5-25-9-14;7-6-4-2-1-3-5-6/h2-3,6-8,10,14H,4-5,9,21H2,1H3,(H,22,23,24);1-5,7H. The number of ether oxygens (including phenoxy) is 2. The first-order valence-electron chi connectivity index (χ1n) is 10.6. The maximum absolute atomic E-state index is 13.7. The van der Waals surface area contributed by atoms with Crippen molar-refractivity contribution >= 4 is 40.7 Å². The Morgan fingerprint density at radius 1 is 1.12 bits per heavy atom. The van der Waals surface area contributed by atoms with Gasteiger partial charge in [-0.05, 0) is 48.9 Å². The first-order valence-corrected chi connectivity index (χ1v) is 11.0. The molecule has 1 aliphatic rings. The van der Waals surface area contributed by atoms with Crippen LogP contribution >= 0.6 is 12.6 Å². The van der Waals surface area contributed by atoms with Crippen LogP contribution in [-0.4, -0.2) is 29.3 Å². The number of thiol groups is 1. The molecular weight excluding hydrogens is 439 g/mol. The Kier molecular flexibility index (Phi) is 7.26. The molecule has 5 rings (SSSR count). The normalized spacial score (nSPS) is 15.1. The van der Waals surface area contributed by atoms with Crippen LogP contribution in [0.4, 0.5) is 21.6 Å². The Balaban J connectivity index is 0.000000318. The van der Waals surface area contributed by atoms with Crippen molar-refractivity contribution in [3.05, 3.63) is 78.4 Å². The second kappa shape index (κ2) is 10.5. The van der Waals surface area contributed by atoms with Gasteiger partial charge in [-0.1, -0.05) is 18.2 Å². The predicted octanol–water partition coefficient (Wildman–Crippen LogP) is 5.55. The summed E-state index contributed by atoms with van der Waals surface area (Å²) in [6.07, 6.45) is 2.17. The van der Waals surface area contributed by atoms with Gasteiger partial charge in [-0.3, -0.25) is 0 Å². The molecule has 1 fully saturated rings. The molecule has 0 saturated carbocycles. The quantitative estimate of drug-likeness (QED) is 0.272. The molecule has 1 aliphatic heterocycles. The lowest BCUT2D eigenvalue weighted by Crippen LogP contribution is -2.16. The van der Waals surface area contributed by atoms with Crippen LogP contribution in [0.25, 0.3) is 10.9 Å². The van der Waals surface area contributed by atoms with Crippen molar-refractivity contribution in [2.24, 2.45) is 0 Å². The minimum absolute atomic E-state index is 0.0824. The molecule has 1 atom stereocenters. The van der Waals surface area contributed by atoms with Crippen molar-refractivity contribution in [1.29, 1.82) is 0 Å². The van der Waals surface area contributed by atoms with E-state index in [9.17, 15) is 4.39 Å². The van der Waals surface area contributed by atoms with E-state index < -0.39 is 0 Å². The summed E-state index contributed by atoms with van der Waals surface area (Å²) < 4.78 is 25.0. The van der Waals surface area contributed by atoms with Crippen LogP contribution in [0.3, 0.4) is 0 Å². The SMILES string of the molecule is Cc1cc(N)cc2ncnc(Nc3ccc(F)cc3OC3CCOC3)c12.Sc1ccccc1. The summed E-state index contributed by atoms with van der Waals surface area (Å²) in [7, 11) is 0. The maximum Gasteiger partial charge on any atom is 0.146 e. The van der Waals surface area contributed by atoms with Gasteiger partial charge < -0.3 is 20.5 Å². The number of hydrogen-bond acceptors (Lipinski definition) is 7. The van der Waals surface area contributed by atoms with Crippen LogP contribution in [0, 0.1) is 12.7 Å².